The minimum atomic E-state index is -0.0641. The summed E-state index contributed by atoms with van der Waals surface area (Å²) in [6.07, 6.45) is 3.07. The van der Waals surface area contributed by atoms with Crippen LogP contribution in [0.3, 0.4) is 0 Å². The molecule has 3 aromatic rings. The van der Waals surface area contributed by atoms with Gasteiger partial charge in [0.1, 0.15) is 0 Å². The van der Waals surface area contributed by atoms with Gasteiger partial charge in [-0.2, -0.15) is 0 Å². The lowest BCUT2D eigenvalue weighted by atomic mass is 9.88. The molecule has 0 unspecified atom stereocenters. The van der Waals surface area contributed by atoms with Gasteiger partial charge in [-0.15, -0.1) is 10.2 Å². The fourth-order valence-electron chi connectivity index (χ4n) is 3.50. The lowest BCUT2D eigenvalue weighted by Crippen LogP contribution is -2.32. The molecule has 0 saturated carbocycles. The summed E-state index contributed by atoms with van der Waals surface area (Å²) >= 11 is 13.4. The number of benzene rings is 2. The molecule has 0 bridgehead atoms. The van der Waals surface area contributed by atoms with Gasteiger partial charge < -0.3 is 11.2 Å². The van der Waals surface area contributed by atoms with Crippen LogP contribution in [-0.2, 0) is 11.2 Å². The fraction of sp³-hybridized carbons (Fsp3) is 0.250. The van der Waals surface area contributed by atoms with Crippen molar-refractivity contribution in [2.75, 3.05) is 11.6 Å². The van der Waals surface area contributed by atoms with E-state index in [-0.39, 0.29) is 17.7 Å². The molecule has 1 aliphatic carbocycles. The summed E-state index contributed by atoms with van der Waals surface area (Å²) in [6.45, 7) is 0. The van der Waals surface area contributed by atoms with E-state index in [0.29, 0.717) is 26.6 Å². The number of nitrogen functional groups attached to an aromatic ring is 1. The third-order valence-corrected chi connectivity index (χ3v) is 6.36. The number of hydrogen-bond acceptors (Lipinski definition) is 5. The molecule has 0 fully saturated rings. The molecule has 0 aliphatic heterocycles. The molecule has 1 aliphatic rings. The van der Waals surface area contributed by atoms with E-state index >= 15 is 0 Å². The van der Waals surface area contributed by atoms with Gasteiger partial charge in [-0.25, -0.2) is 4.68 Å². The van der Waals surface area contributed by atoms with Crippen LogP contribution in [0, 0.1) is 0 Å². The van der Waals surface area contributed by atoms with Gasteiger partial charge in [-0.05, 0) is 48.6 Å². The van der Waals surface area contributed by atoms with Gasteiger partial charge in [0.25, 0.3) is 0 Å². The summed E-state index contributed by atoms with van der Waals surface area (Å²) in [5.74, 6) is 6.67. The number of hydrogen-bond donors (Lipinski definition) is 2. The number of nitrogens with zero attached hydrogens (tertiary/aromatic N) is 3. The molecule has 9 heteroatoms. The van der Waals surface area contributed by atoms with Gasteiger partial charge in [-0.1, -0.05) is 59.2 Å². The average Bonchev–Trinajstić information content (AvgIpc) is 3.07. The average molecular weight is 448 g/mol. The number of nitrogens with one attached hydrogen (secondary N) is 1. The minimum absolute atomic E-state index is 0.0484. The number of thioether (sulfide) groups is 1. The number of nitrogens with two attached hydrogens (primary N) is 1. The highest BCUT2D eigenvalue weighted by atomic mass is 35.5. The number of halogens is 2. The smallest absolute Gasteiger partial charge is 0.230 e. The third-order valence-electron chi connectivity index (χ3n) is 4.87. The zero-order valence-corrected chi connectivity index (χ0v) is 17.8. The summed E-state index contributed by atoms with van der Waals surface area (Å²) in [4.78, 5) is 12.5. The van der Waals surface area contributed by atoms with Crippen molar-refractivity contribution < 1.29 is 4.79 Å². The molecule has 1 atom stereocenters. The zero-order chi connectivity index (χ0) is 20.4. The largest absolute Gasteiger partial charge is 0.349 e. The second kappa shape index (κ2) is 8.65. The Balaban J connectivity index is 1.41. The highest BCUT2D eigenvalue weighted by Gasteiger charge is 2.22. The summed E-state index contributed by atoms with van der Waals surface area (Å²) < 4.78 is 1.34. The van der Waals surface area contributed by atoms with Crippen LogP contribution in [0.5, 0.6) is 0 Å². The first-order chi connectivity index (χ1) is 14.0. The molecule has 6 nitrogen and oxygen atoms in total. The molecule has 4 rings (SSSR count). The van der Waals surface area contributed by atoms with E-state index in [9.17, 15) is 4.79 Å². The van der Waals surface area contributed by atoms with Gasteiger partial charge >= 0.3 is 0 Å². The number of rotatable bonds is 5. The Morgan fingerprint density at radius 2 is 2.07 bits per heavy atom. The Kier molecular flexibility index (Phi) is 5.99. The standard InChI is InChI=1S/C20H19Cl2N5OS/c21-13-8-9-15(16(22)10-13)19-25-26-20(27(19)23)29-11-18(28)24-17-7-3-5-12-4-1-2-6-14(12)17/h1-2,4,6,8-10,17H,3,5,7,11,23H2,(H,24,28)/t17-/m1/s1. The van der Waals surface area contributed by atoms with Crippen molar-refractivity contribution in [1.82, 2.24) is 20.2 Å². The van der Waals surface area contributed by atoms with E-state index in [4.69, 9.17) is 29.0 Å². The van der Waals surface area contributed by atoms with Crippen LogP contribution in [0.4, 0.5) is 0 Å². The molecule has 1 amide bonds. The highest BCUT2D eigenvalue weighted by Crippen LogP contribution is 2.31. The second-order valence-electron chi connectivity index (χ2n) is 6.80. The van der Waals surface area contributed by atoms with Crippen LogP contribution < -0.4 is 11.2 Å². The third kappa shape index (κ3) is 4.37. The van der Waals surface area contributed by atoms with E-state index in [1.54, 1.807) is 18.2 Å². The number of carbonyl (C=O) groups excluding carboxylic acids is 1. The molecule has 3 N–H and O–H groups in total. The van der Waals surface area contributed by atoms with Crippen LogP contribution >= 0.6 is 35.0 Å². The van der Waals surface area contributed by atoms with Gasteiger partial charge in [-0.3, -0.25) is 4.79 Å². The van der Waals surface area contributed by atoms with Crippen LogP contribution in [0.1, 0.15) is 30.0 Å². The van der Waals surface area contributed by atoms with Crippen molar-refractivity contribution in [3.8, 4) is 11.4 Å². The SMILES string of the molecule is Nn1c(SCC(=O)N[C@@H]2CCCc3ccccc32)nnc1-c1ccc(Cl)cc1Cl. The van der Waals surface area contributed by atoms with Crippen LogP contribution in [0.2, 0.25) is 10.0 Å². The Hall–Kier alpha value is -2.22. The number of amides is 1. The number of aryl methyl sites for hydroxylation is 1. The highest BCUT2D eigenvalue weighted by molar-refractivity contribution is 7.99. The van der Waals surface area contributed by atoms with Crippen LogP contribution in [-0.4, -0.2) is 26.5 Å². The molecular weight excluding hydrogens is 429 g/mol. The predicted octanol–water partition coefficient (Wildman–Crippen LogP) is 4.25. The first kappa shape index (κ1) is 20.1. The van der Waals surface area contributed by atoms with Gasteiger partial charge in [0.05, 0.1) is 16.8 Å². The molecule has 0 spiro atoms. The summed E-state index contributed by atoms with van der Waals surface area (Å²) in [6, 6.07) is 13.4. The normalized spacial score (nSPS) is 15.7. The molecule has 29 heavy (non-hydrogen) atoms. The Morgan fingerprint density at radius 1 is 1.24 bits per heavy atom. The summed E-state index contributed by atoms with van der Waals surface area (Å²) in [7, 11) is 0. The van der Waals surface area contributed by atoms with Crippen LogP contribution in [0.25, 0.3) is 11.4 Å². The maximum Gasteiger partial charge on any atom is 0.230 e. The van der Waals surface area contributed by atoms with E-state index in [0.717, 1.165) is 19.3 Å². The lowest BCUT2D eigenvalue weighted by Gasteiger charge is -2.26. The van der Waals surface area contributed by atoms with Gasteiger partial charge in [0, 0.05) is 10.6 Å². The number of carbonyl (C=O) groups is 1. The van der Waals surface area contributed by atoms with Crippen molar-refractivity contribution in [1.29, 1.82) is 0 Å². The fourth-order valence-corrected chi connectivity index (χ4v) is 4.66. The van der Waals surface area contributed by atoms with E-state index < -0.39 is 0 Å². The molecular formula is C20H19Cl2N5OS. The van der Waals surface area contributed by atoms with E-state index in [1.807, 2.05) is 12.1 Å². The maximum atomic E-state index is 12.5. The van der Waals surface area contributed by atoms with E-state index in [2.05, 4.69) is 27.6 Å². The Bertz CT molecular complexity index is 1060. The molecule has 2 aromatic carbocycles. The van der Waals surface area contributed by atoms with Crippen molar-refractivity contribution in [2.24, 2.45) is 0 Å². The van der Waals surface area contributed by atoms with Crippen LogP contribution in [0.15, 0.2) is 47.6 Å². The van der Waals surface area contributed by atoms with E-state index in [1.165, 1.54) is 27.6 Å². The molecule has 0 radical (unpaired) electrons. The Labute approximate surface area is 182 Å². The molecule has 1 aromatic heterocycles. The van der Waals surface area contributed by atoms with Crippen molar-refractivity contribution in [3.63, 3.8) is 0 Å². The molecule has 150 valence electrons. The minimum Gasteiger partial charge on any atom is -0.349 e. The first-order valence-corrected chi connectivity index (χ1v) is 10.9. The topological polar surface area (TPSA) is 85.8 Å². The van der Waals surface area contributed by atoms with Gasteiger partial charge in [0.2, 0.25) is 11.1 Å². The number of aromatic nitrogens is 3. The molecule has 0 saturated heterocycles. The molecule has 1 heterocycles. The number of fused-ring (bicyclic) bond motifs is 1. The van der Waals surface area contributed by atoms with Crippen molar-refractivity contribution >= 4 is 40.9 Å². The summed E-state index contributed by atoms with van der Waals surface area (Å²) in [5.41, 5.74) is 3.14. The van der Waals surface area contributed by atoms with Crippen molar-refractivity contribution in [3.05, 3.63) is 63.6 Å². The predicted molar refractivity (Wildman–Crippen MR) is 117 cm³/mol. The lowest BCUT2D eigenvalue weighted by molar-refractivity contribution is -0.119. The Morgan fingerprint density at radius 3 is 2.90 bits per heavy atom. The van der Waals surface area contributed by atoms with Gasteiger partial charge in [0.15, 0.2) is 5.82 Å². The monoisotopic (exact) mass is 447 g/mol. The maximum absolute atomic E-state index is 12.5. The quantitative estimate of drug-likeness (QED) is 0.450. The first-order valence-electron chi connectivity index (χ1n) is 9.19. The summed E-state index contributed by atoms with van der Waals surface area (Å²) in [5, 5.41) is 12.7. The van der Waals surface area contributed by atoms with Crippen molar-refractivity contribution in [2.45, 2.75) is 30.5 Å². The zero-order valence-electron chi connectivity index (χ0n) is 15.4. The second-order valence-corrected chi connectivity index (χ2v) is 8.59.